The van der Waals surface area contributed by atoms with E-state index >= 15 is 0 Å². The second-order valence-electron chi connectivity index (χ2n) is 3.73. The number of rotatable bonds is 0. The van der Waals surface area contributed by atoms with Gasteiger partial charge in [0, 0.05) is 26.1 Å². The molecule has 88 valence electrons. The van der Waals surface area contributed by atoms with Crippen LogP contribution in [-0.2, 0) is 0 Å². The van der Waals surface area contributed by atoms with Gasteiger partial charge in [0.2, 0.25) is 0 Å². The number of amidine groups is 1. The summed E-state index contributed by atoms with van der Waals surface area (Å²) in [5.74, 6) is 1.40. The number of fused-ring (bicyclic) bond motifs is 1. The molecule has 2 aliphatic heterocycles. The maximum atomic E-state index is 8.56. The molecule has 0 aliphatic carbocycles. The van der Waals surface area contributed by atoms with Crippen molar-refractivity contribution in [2.24, 2.45) is 4.99 Å². The predicted molar refractivity (Wildman–Crippen MR) is 58.7 cm³/mol. The van der Waals surface area contributed by atoms with E-state index in [1.54, 1.807) is 0 Å². The Morgan fingerprint density at radius 3 is 2.50 bits per heavy atom. The van der Waals surface area contributed by atoms with Gasteiger partial charge in [-0.3, -0.25) is 4.99 Å². The Bertz CT molecular complexity index is 248. The van der Waals surface area contributed by atoms with Crippen LogP contribution in [0.5, 0.6) is 0 Å². The first-order chi connectivity index (χ1) is 7.20. The van der Waals surface area contributed by atoms with E-state index in [1.165, 1.54) is 51.0 Å². The van der Waals surface area contributed by atoms with Gasteiger partial charge in [-0.25, -0.2) is 4.79 Å². The number of hydrogen-bond acceptors (Lipinski definition) is 3. The second kappa shape index (κ2) is 9.78. The summed E-state index contributed by atoms with van der Waals surface area (Å²) < 4.78 is 0. The van der Waals surface area contributed by atoms with Gasteiger partial charge in [0.05, 0.1) is 5.84 Å². The molecule has 0 atom stereocenters. The average molecular weight is 348 g/mol. The molecule has 2 N–H and O–H groups in total. The van der Waals surface area contributed by atoms with Gasteiger partial charge in [-0.05, 0) is 19.3 Å². The summed E-state index contributed by atoms with van der Waals surface area (Å²) in [6.07, 6.45) is 4.80. The quantitative estimate of drug-likeness (QED) is 0.589. The largest absolute Gasteiger partial charge is 1.00 e. The predicted octanol–water partition coefficient (Wildman–Crippen LogP) is -0.996. The van der Waals surface area contributed by atoms with E-state index in [2.05, 4.69) is 9.89 Å². The molecule has 0 aromatic carbocycles. The molecule has 0 spiro atoms. The topological polar surface area (TPSA) is 73.1 Å². The van der Waals surface area contributed by atoms with E-state index in [1.807, 2.05) is 0 Å². The maximum absolute atomic E-state index is 8.56. The molecule has 6 heteroatoms. The van der Waals surface area contributed by atoms with Crippen LogP contribution in [-0.4, -0.2) is 46.7 Å². The minimum absolute atomic E-state index is 0. The number of hydrogen-bond donors (Lipinski definition) is 2. The number of carbonyl (C=O) groups is 1. The van der Waals surface area contributed by atoms with Crippen LogP contribution >= 0.6 is 0 Å². The molecule has 0 radical (unpaired) electrons. The normalized spacial score (nSPS) is 19.0. The Labute approximate surface area is 156 Å². The van der Waals surface area contributed by atoms with Crippen molar-refractivity contribution in [1.29, 1.82) is 0 Å². The standard InChI is InChI=1S/C9H16N2.CH2O3.Cs.H/c1-2-5-9-10-6-4-8-11(9)7-3-1;2-1(3)4;;/h1-8H2;(H2,2,3,4);;/q;;+1;-1. The van der Waals surface area contributed by atoms with E-state index in [-0.39, 0.29) is 70.3 Å². The fourth-order valence-corrected chi connectivity index (χ4v) is 1.94. The van der Waals surface area contributed by atoms with Crippen molar-refractivity contribution in [1.82, 2.24) is 4.90 Å². The third-order valence-electron chi connectivity index (χ3n) is 2.57. The molecule has 5 nitrogen and oxygen atoms in total. The molecule has 0 saturated carbocycles. The minimum Gasteiger partial charge on any atom is -1.00 e. The van der Waals surface area contributed by atoms with Crippen molar-refractivity contribution in [2.75, 3.05) is 19.6 Å². The molecule has 0 unspecified atom stereocenters. The van der Waals surface area contributed by atoms with Crippen LogP contribution < -0.4 is 68.9 Å². The first-order valence-electron chi connectivity index (χ1n) is 5.40. The van der Waals surface area contributed by atoms with Gasteiger partial charge in [0.15, 0.2) is 0 Å². The molecule has 0 aromatic rings. The molecule has 0 bridgehead atoms. The van der Waals surface area contributed by atoms with Crippen LogP contribution in [0.15, 0.2) is 4.99 Å². The van der Waals surface area contributed by atoms with Crippen molar-refractivity contribution < 1.29 is 85.3 Å². The zero-order chi connectivity index (χ0) is 11.1. The molecule has 0 aromatic heterocycles. The summed E-state index contributed by atoms with van der Waals surface area (Å²) in [5, 5.41) is 13.9. The Hall–Kier alpha value is 0.792. The van der Waals surface area contributed by atoms with Gasteiger partial charge in [0.25, 0.3) is 0 Å². The Morgan fingerprint density at radius 1 is 1.19 bits per heavy atom. The van der Waals surface area contributed by atoms with E-state index in [9.17, 15) is 0 Å². The third kappa shape index (κ3) is 7.18. The summed E-state index contributed by atoms with van der Waals surface area (Å²) in [6.45, 7) is 3.60. The van der Waals surface area contributed by atoms with E-state index in [0.717, 1.165) is 6.54 Å². The van der Waals surface area contributed by atoms with Crippen LogP contribution in [0.2, 0.25) is 0 Å². The molecule has 2 rings (SSSR count). The van der Waals surface area contributed by atoms with Crippen LogP contribution in [0.1, 0.15) is 33.5 Å². The Balaban J connectivity index is 0. The monoisotopic (exact) mass is 348 g/mol. The Morgan fingerprint density at radius 2 is 1.81 bits per heavy atom. The Kier molecular flexibility index (Phi) is 10.3. The third-order valence-corrected chi connectivity index (χ3v) is 2.57. The summed E-state index contributed by atoms with van der Waals surface area (Å²) in [4.78, 5) is 15.6. The summed E-state index contributed by atoms with van der Waals surface area (Å²) >= 11 is 0. The van der Waals surface area contributed by atoms with E-state index in [0.29, 0.717) is 0 Å². The van der Waals surface area contributed by atoms with Gasteiger partial charge < -0.3 is 16.5 Å². The van der Waals surface area contributed by atoms with Crippen molar-refractivity contribution in [3.8, 4) is 0 Å². The first kappa shape index (κ1) is 16.8. The van der Waals surface area contributed by atoms with Crippen LogP contribution in [0.25, 0.3) is 0 Å². The molecule has 1 saturated heterocycles. The molecular weight excluding hydrogens is 329 g/mol. The minimum atomic E-state index is -1.83. The maximum Gasteiger partial charge on any atom is 1.00 e. The molecule has 1 fully saturated rings. The van der Waals surface area contributed by atoms with Gasteiger partial charge in [0.1, 0.15) is 0 Å². The molecule has 2 aliphatic rings. The van der Waals surface area contributed by atoms with Crippen LogP contribution in [0, 0.1) is 0 Å². The molecule has 2 heterocycles. The van der Waals surface area contributed by atoms with Gasteiger partial charge in [-0.1, -0.05) is 6.42 Å². The molecule has 16 heavy (non-hydrogen) atoms. The van der Waals surface area contributed by atoms with E-state index < -0.39 is 6.16 Å². The molecule has 0 amide bonds. The first-order valence-corrected chi connectivity index (χ1v) is 5.40. The summed E-state index contributed by atoms with van der Waals surface area (Å²) in [5.41, 5.74) is 0. The fraction of sp³-hybridized carbons (Fsp3) is 0.800. The zero-order valence-electron chi connectivity index (χ0n) is 10.9. The van der Waals surface area contributed by atoms with E-state index in [4.69, 9.17) is 15.0 Å². The van der Waals surface area contributed by atoms with Crippen LogP contribution in [0.3, 0.4) is 0 Å². The van der Waals surface area contributed by atoms with Gasteiger partial charge in [-0.2, -0.15) is 0 Å². The average Bonchev–Trinajstić information content (AvgIpc) is 2.41. The van der Waals surface area contributed by atoms with Gasteiger partial charge in [-0.15, -0.1) is 0 Å². The number of carboxylic acid groups (broad SMARTS) is 2. The smallest absolute Gasteiger partial charge is 1.00 e. The summed E-state index contributed by atoms with van der Waals surface area (Å²) in [7, 11) is 0. The van der Waals surface area contributed by atoms with Crippen LogP contribution in [0.4, 0.5) is 4.79 Å². The SMILES string of the molecule is C1CCC2=NCCCN2CC1.O=C(O)O.[Cs+].[H-]. The second-order valence-corrected chi connectivity index (χ2v) is 3.73. The fourth-order valence-electron chi connectivity index (χ4n) is 1.94. The summed E-state index contributed by atoms with van der Waals surface area (Å²) in [6, 6.07) is 0. The molecular formula is C10H19CsN2O3. The van der Waals surface area contributed by atoms with Crippen molar-refractivity contribution in [2.45, 2.75) is 32.1 Å². The van der Waals surface area contributed by atoms with Crippen molar-refractivity contribution in [3.63, 3.8) is 0 Å². The van der Waals surface area contributed by atoms with Crippen molar-refractivity contribution >= 4 is 12.0 Å². The van der Waals surface area contributed by atoms with Crippen molar-refractivity contribution in [3.05, 3.63) is 0 Å². The number of aliphatic imine (C=N–C) groups is 1. The zero-order valence-corrected chi connectivity index (χ0v) is 16.1. The van der Waals surface area contributed by atoms with Gasteiger partial charge >= 0.3 is 75.0 Å². The number of nitrogens with zero attached hydrogens (tertiary/aromatic N) is 2.